The number of aromatic nitrogens is 7. The van der Waals surface area contributed by atoms with Gasteiger partial charge in [-0.1, -0.05) is 18.2 Å². The normalized spacial score (nSPS) is 11.5. The SMILES string of the molecule is Cc1ccccc1-n1c(Cn2nc(I)c3c(N)ncnc32)nn2cccc2c1=O. The lowest BCUT2D eigenvalue weighted by molar-refractivity contribution is 0.618. The molecule has 0 aliphatic carbocycles. The van der Waals surface area contributed by atoms with Gasteiger partial charge < -0.3 is 5.73 Å². The largest absolute Gasteiger partial charge is 0.383 e. The minimum Gasteiger partial charge on any atom is -0.383 e. The van der Waals surface area contributed by atoms with Crippen molar-refractivity contribution in [2.24, 2.45) is 0 Å². The van der Waals surface area contributed by atoms with Crippen LogP contribution in [0.2, 0.25) is 0 Å². The summed E-state index contributed by atoms with van der Waals surface area (Å²) in [5, 5.41) is 9.94. The standard InChI is InChI=1S/C19H15IN8O/c1-11-5-2-3-6-12(11)28-14(24-26-8-4-7-13(26)19(28)29)9-27-18-15(16(20)25-27)17(21)22-10-23-18/h2-8,10H,9H2,1H3,(H2,21,22,23). The Morgan fingerprint density at radius 2 is 1.93 bits per heavy atom. The Morgan fingerprint density at radius 3 is 2.76 bits per heavy atom. The topological polar surface area (TPSA) is 109 Å². The molecule has 4 aromatic heterocycles. The molecule has 10 heteroatoms. The lowest BCUT2D eigenvalue weighted by Crippen LogP contribution is -2.28. The molecule has 0 radical (unpaired) electrons. The Kier molecular flexibility index (Phi) is 4.08. The smallest absolute Gasteiger partial charge is 0.282 e. The molecule has 2 N–H and O–H groups in total. The summed E-state index contributed by atoms with van der Waals surface area (Å²) in [5.74, 6) is 0.904. The third kappa shape index (κ3) is 2.78. The summed E-state index contributed by atoms with van der Waals surface area (Å²) in [5.41, 5.74) is 8.72. The number of anilines is 1. The number of hydrogen-bond donors (Lipinski definition) is 1. The van der Waals surface area contributed by atoms with Gasteiger partial charge >= 0.3 is 0 Å². The Labute approximate surface area is 178 Å². The van der Waals surface area contributed by atoms with Crippen molar-refractivity contribution >= 4 is 45.0 Å². The monoisotopic (exact) mass is 498 g/mol. The van der Waals surface area contributed by atoms with Gasteiger partial charge in [-0.2, -0.15) is 10.2 Å². The van der Waals surface area contributed by atoms with Gasteiger partial charge in [-0.05, 0) is 53.3 Å². The van der Waals surface area contributed by atoms with Crippen LogP contribution in [-0.4, -0.2) is 33.9 Å². The van der Waals surface area contributed by atoms with Crippen LogP contribution in [0.15, 0.2) is 53.7 Å². The van der Waals surface area contributed by atoms with Gasteiger partial charge in [0, 0.05) is 6.20 Å². The van der Waals surface area contributed by atoms with E-state index >= 15 is 0 Å². The van der Waals surface area contributed by atoms with Crippen molar-refractivity contribution in [3.8, 4) is 5.69 Å². The summed E-state index contributed by atoms with van der Waals surface area (Å²) in [6.07, 6.45) is 3.16. The molecular formula is C19H15IN8O. The molecule has 0 spiro atoms. The minimum absolute atomic E-state index is 0.144. The number of benzene rings is 1. The molecule has 29 heavy (non-hydrogen) atoms. The van der Waals surface area contributed by atoms with Crippen molar-refractivity contribution in [3.05, 3.63) is 74.4 Å². The maximum Gasteiger partial charge on any atom is 0.282 e. The molecule has 0 saturated carbocycles. The van der Waals surface area contributed by atoms with E-state index in [1.165, 1.54) is 6.33 Å². The van der Waals surface area contributed by atoms with Gasteiger partial charge in [-0.3, -0.25) is 9.36 Å². The summed E-state index contributed by atoms with van der Waals surface area (Å²) in [7, 11) is 0. The highest BCUT2D eigenvalue weighted by Gasteiger charge is 2.19. The van der Waals surface area contributed by atoms with Gasteiger partial charge in [0.25, 0.3) is 5.56 Å². The molecule has 144 valence electrons. The molecule has 0 fully saturated rings. The van der Waals surface area contributed by atoms with E-state index in [0.717, 1.165) is 11.3 Å². The number of hydrogen-bond acceptors (Lipinski definition) is 6. The zero-order valence-electron chi connectivity index (χ0n) is 15.3. The van der Waals surface area contributed by atoms with E-state index in [2.05, 4.69) is 42.8 Å². The average Bonchev–Trinajstić information content (AvgIpc) is 3.29. The molecule has 5 aromatic rings. The fourth-order valence-electron chi connectivity index (χ4n) is 3.43. The van der Waals surface area contributed by atoms with Crippen LogP contribution in [0.25, 0.3) is 22.2 Å². The zero-order chi connectivity index (χ0) is 20.1. The summed E-state index contributed by atoms with van der Waals surface area (Å²) >= 11 is 2.11. The van der Waals surface area contributed by atoms with Gasteiger partial charge in [0.05, 0.1) is 11.1 Å². The second-order valence-corrected chi connectivity index (χ2v) is 7.61. The van der Waals surface area contributed by atoms with Crippen molar-refractivity contribution in [1.82, 2.24) is 33.9 Å². The maximum atomic E-state index is 13.3. The molecule has 1 aromatic carbocycles. The second kappa shape index (κ2) is 6.65. The van der Waals surface area contributed by atoms with Gasteiger partial charge in [0.2, 0.25) is 0 Å². The van der Waals surface area contributed by atoms with E-state index in [-0.39, 0.29) is 12.1 Å². The van der Waals surface area contributed by atoms with Crippen LogP contribution in [0, 0.1) is 10.6 Å². The van der Waals surface area contributed by atoms with Gasteiger partial charge in [-0.25, -0.2) is 19.2 Å². The van der Waals surface area contributed by atoms with E-state index in [9.17, 15) is 4.79 Å². The Morgan fingerprint density at radius 1 is 1.10 bits per heavy atom. The minimum atomic E-state index is -0.144. The number of nitrogens with two attached hydrogens (primary N) is 1. The average molecular weight is 498 g/mol. The molecule has 5 rings (SSSR count). The van der Waals surface area contributed by atoms with Crippen molar-refractivity contribution in [2.45, 2.75) is 13.5 Å². The lowest BCUT2D eigenvalue weighted by atomic mass is 10.2. The van der Waals surface area contributed by atoms with Crippen LogP contribution < -0.4 is 11.3 Å². The summed E-state index contributed by atoms with van der Waals surface area (Å²) in [4.78, 5) is 21.7. The van der Waals surface area contributed by atoms with E-state index in [1.54, 1.807) is 32.1 Å². The quantitative estimate of drug-likeness (QED) is 0.382. The maximum absolute atomic E-state index is 13.3. The Bertz CT molecular complexity index is 1450. The third-order valence-corrected chi connectivity index (χ3v) is 5.55. The van der Waals surface area contributed by atoms with Crippen LogP contribution in [0.3, 0.4) is 0 Å². The van der Waals surface area contributed by atoms with Gasteiger partial charge in [-0.15, -0.1) is 0 Å². The fraction of sp³-hybridized carbons (Fsp3) is 0.105. The predicted molar refractivity (Wildman–Crippen MR) is 117 cm³/mol. The summed E-state index contributed by atoms with van der Waals surface area (Å²) in [6.45, 7) is 2.21. The third-order valence-electron chi connectivity index (χ3n) is 4.80. The molecule has 0 atom stereocenters. The van der Waals surface area contributed by atoms with Crippen LogP contribution >= 0.6 is 22.6 Å². The first-order valence-electron chi connectivity index (χ1n) is 8.82. The van der Waals surface area contributed by atoms with E-state index < -0.39 is 0 Å². The number of halogens is 1. The molecule has 4 heterocycles. The van der Waals surface area contributed by atoms with Crippen molar-refractivity contribution in [3.63, 3.8) is 0 Å². The molecule has 0 bridgehead atoms. The van der Waals surface area contributed by atoms with Gasteiger partial charge in [0.15, 0.2) is 11.5 Å². The highest BCUT2D eigenvalue weighted by Crippen LogP contribution is 2.23. The first kappa shape index (κ1) is 17.8. The van der Waals surface area contributed by atoms with Crippen LogP contribution in [0.1, 0.15) is 11.4 Å². The predicted octanol–water partition coefficient (Wildman–Crippen LogP) is 2.17. The molecule has 0 unspecified atom stereocenters. The molecule has 0 amide bonds. The number of nitrogens with zero attached hydrogens (tertiary/aromatic N) is 7. The molecule has 0 aliphatic heterocycles. The summed E-state index contributed by atoms with van der Waals surface area (Å²) < 4.78 is 5.62. The van der Waals surface area contributed by atoms with Crippen LogP contribution in [-0.2, 0) is 6.54 Å². The van der Waals surface area contributed by atoms with Crippen molar-refractivity contribution in [2.75, 3.05) is 5.73 Å². The fourth-order valence-corrected chi connectivity index (χ4v) is 4.20. The summed E-state index contributed by atoms with van der Waals surface area (Å²) in [6, 6.07) is 11.3. The van der Waals surface area contributed by atoms with E-state index in [0.29, 0.717) is 31.9 Å². The number of rotatable bonds is 3. The van der Waals surface area contributed by atoms with Crippen molar-refractivity contribution in [1.29, 1.82) is 0 Å². The highest BCUT2D eigenvalue weighted by molar-refractivity contribution is 14.1. The zero-order valence-corrected chi connectivity index (χ0v) is 17.5. The molecular weight excluding hydrogens is 483 g/mol. The van der Waals surface area contributed by atoms with Crippen molar-refractivity contribution < 1.29 is 0 Å². The molecule has 0 aliphatic rings. The highest BCUT2D eigenvalue weighted by atomic mass is 127. The van der Waals surface area contributed by atoms with E-state index in [4.69, 9.17) is 5.73 Å². The van der Waals surface area contributed by atoms with Crippen LogP contribution in [0.5, 0.6) is 0 Å². The Balaban J connectivity index is 1.78. The number of nitrogen functional groups attached to an aromatic ring is 1. The molecule has 9 nitrogen and oxygen atoms in total. The van der Waals surface area contributed by atoms with Crippen LogP contribution in [0.4, 0.5) is 5.82 Å². The first-order valence-corrected chi connectivity index (χ1v) is 9.90. The number of fused-ring (bicyclic) bond motifs is 2. The second-order valence-electron chi connectivity index (χ2n) is 6.59. The lowest BCUT2D eigenvalue weighted by Gasteiger charge is -2.15. The number of aryl methyl sites for hydroxylation is 1. The first-order chi connectivity index (χ1) is 14.0. The van der Waals surface area contributed by atoms with Gasteiger partial charge in [0.1, 0.15) is 27.9 Å². The Hall–Kier alpha value is -3.28. The number of para-hydroxylation sites is 1. The molecule has 0 saturated heterocycles. The van der Waals surface area contributed by atoms with E-state index in [1.807, 2.05) is 31.2 Å².